The first-order chi connectivity index (χ1) is 18.8. The van der Waals surface area contributed by atoms with Crippen LogP contribution in [0.15, 0.2) is 53.4 Å². The highest BCUT2D eigenvalue weighted by atomic mass is 35.5. The van der Waals surface area contributed by atoms with E-state index in [2.05, 4.69) is 16.1 Å². The fourth-order valence-corrected chi connectivity index (χ4v) is 7.37. The molecule has 0 bridgehead atoms. The molecule has 13 heteroatoms. The van der Waals surface area contributed by atoms with Crippen LogP contribution >= 0.6 is 11.6 Å². The highest BCUT2D eigenvalue weighted by Gasteiger charge is 2.58. The molecule has 1 N–H and O–H groups in total. The van der Waals surface area contributed by atoms with Gasteiger partial charge < -0.3 is 15.0 Å². The lowest BCUT2D eigenvalue weighted by molar-refractivity contribution is -0.153. The van der Waals surface area contributed by atoms with Crippen LogP contribution in [0, 0.1) is 11.3 Å². The molecular weight excluding hydrogens is 571 g/mol. The minimum absolute atomic E-state index is 0.227. The van der Waals surface area contributed by atoms with Gasteiger partial charge in [-0.15, -0.1) is 0 Å². The van der Waals surface area contributed by atoms with E-state index in [0.29, 0.717) is 25.7 Å². The first-order valence-corrected chi connectivity index (χ1v) is 14.6. The molecule has 0 unspecified atom stereocenters. The summed E-state index contributed by atoms with van der Waals surface area (Å²) in [6.07, 6.45) is -2.80. The standard InChI is InChI=1S/C27H25ClF3N3O5S/c28-20-12-18(39-16-27(29,30)31)6-7-22(20)40(37,38)19-13-21(23(35)33-25(15-32)8-9-25)34(14-19)24(36)26(10-11-26)17-4-2-1-3-5-17/h1-7,12,19,21H,8-11,13-14,16H2,(H,33,35)/t19-,21+/m1/s1. The van der Waals surface area contributed by atoms with E-state index < -0.39 is 50.8 Å². The molecule has 2 amide bonds. The number of nitrogens with one attached hydrogen (secondary N) is 1. The number of nitriles is 1. The Balaban J connectivity index is 1.42. The van der Waals surface area contributed by atoms with Crippen LogP contribution < -0.4 is 10.1 Å². The Hall–Kier alpha value is -3.30. The Bertz CT molecular complexity index is 1480. The van der Waals surface area contributed by atoms with Gasteiger partial charge in [0.25, 0.3) is 0 Å². The Morgan fingerprint density at radius 3 is 2.35 bits per heavy atom. The van der Waals surface area contributed by atoms with Gasteiger partial charge in [0.2, 0.25) is 11.8 Å². The molecule has 2 atom stereocenters. The number of sulfone groups is 1. The van der Waals surface area contributed by atoms with Gasteiger partial charge in [-0.05, 0) is 49.8 Å². The average molecular weight is 596 g/mol. The number of hydrogen-bond acceptors (Lipinski definition) is 6. The van der Waals surface area contributed by atoms with Crippen molar-refractivity contribution in [1.29, 1.82) is 5.26 Å². The summed E-state index contributed by atoms with van der Waals surface area (Å²) in [6, 6.07) is 13.1. The zero-order chi connectivity index (χ0) is 28.9. The normalized spacial score (nSPS) is 22.7. The second kappa shape index (κ2) is 9.96. The molecule has 40 heavy (non-hydrogen) atoms. The number of hydrogen-bond donors (Lipinski definition) is 1. The average Bonchev–Trinajstić information content (AvgIpc) is 3.83. The Morgan fingerprint density at radius 2 is 1.80 bits per heavy atom. The van der Waals surface area contributed by atoms with Crippen LogP contribution in [0.5, 0.6) is 5.75 Å². The molecule has 2 aliphatic carbocycles. The number of benzene rings is 2. The molecular formula is C27H25ClF3N3O5S. The van der Waals surface area contributed by atoms with E-state index in [1.807, 2.05) is 18.2 Å². The van der Waals surface area contributed by atoms with E-state index in [9.17, 15) is 36.4 Å². The van der Waals surface area contributed by atoms with E-state index in [1.165, 1.54) is 4.90 Å². The summed E-state index contributed by atoms with van der Waals surface area (Å²) in [5, 5.41) is 10.6. The summed E-state index contributed by atoms with van der Waals surface area (Å²) in [7, 11) is -4.23. The van der Waals surface area contributed by atoms with Gasteiger partial charge in [0.15, 0.2) is 16.4 Å². The molecule has 2 aromatic rings. The second-order valence-corrected chi connectivity index (χ2v) is 13.1. The highest BCUT2D eigenvalue weighted by molar-refractivity contribution is 7.92. The zero-order valence-corrected chi connectivity index (χ0v) is 22.7. The van der Waals surface area contributed by atoms with Crippen LogP contribution in [-0.2, 0) is 24.8 Å². The van der Waals surface area contributed by atoms with E-state index >= 15 is 0 Å². The van der Waals surface area contributed by atoms with Crippen molar-refractivity contribution < 1.29 is 35.9 Å². The minimum atomic E-state index is -4.59. The van der Waals surface area contributed by atoms with Crippen molar-refractivity contribution in [1.82, 2.24) is 10.2 Å². The number of likely N-dealkylation sites (tertiary alicyclic amines) is 1. The number of ether oxygens (including phenoxy) is 1. The molecule has 1 saturated heterocycles. The Morgan fingerprint density at radius 1 is 1.12 bits per heavy atom. The second-order valence-electron chi connectivity index (χ2n) is 10.5. The van der Waals surface area contributed by atoms with Crippen molar-refractivity contribution in [3.8, 4) is 11.8 Å². The van der Waals surface area contributed by atoms with E-state index in [0.717, 1.165) is 23.8 Å². The molecule has 2 saturated carbocycles. The van der Waals surface area contributed by atoms with Crippen LogP contribution in [0.1, 0.15) is 37.7 Å². The SMILES string of the molecule is N#CC1(NC(=O)[C@@H]2C[C@@H](S(=O)(=O)c3ccc(OCC(F)(F)F)cc3Cl)CN2C(=O)C2(c3ccccc3)CC2)CC1. The molecule has 5 rings (SSSR count). The first kappa shape index (κ1) is 28.2. The van der Waals surface area contributed by atoms with Gasteiger partial charge in [0, 0.05) is 12.6 Å². The van der Waals surface area contributed by atoms with Crippen molar-refractivity contribution in [2.45, 2.75) is 65.4 Å². The summed E-state index contributed by atoms with van der Waals surface area (Å²) in [4.78, 5) is 28.2. The topological polar surface area (TPSA) is 117 Å². The van der Waals surface area contributed by atoms with Crippen LogP contribution in [0.25, 0.3) is 0 Å². The maximum atomic E-state index is 13.9. The molecule has 2 aromatic carbocycles. The molecule has 0 radical (unpaired) electrons. The van der Waals surface area contributed by atoms with Gasteiger partial charge in [-0.3, -0.25) is 9.59 Å². The highest BCUT2D eigenvalue weighted by Crippen LogP contribution is 2.51. The van der Waals surface area contributed by atoms with E-state index in [4.69, 9.17) is 11.6 Å². The number of carbonyl (C=O) groups is 2. The van der Waals surface area contributed by atoms with Crippen molar-refractivity contribution in [3.63, 3.8) is 0 Å². The molecule has 8 nitrogen and oxygen atoms in total. The van der Waals surface area contributed by atoms with Gasteiger partial charge in [-0.2, -0.15) is 18.4 Å². The number of nitrogens with zero attached hydrogens (tertiary/aromatic N) is 2. The fourth-order valence-electron chi connectivity index (χ4n) is 5.13. The maximum Gasteiger partial charge on any atom is 0.422 e. The van der Waals surface area contributed by atoms with Gasteiger partial charge in [-0.1, -0.05) is 41.9 Å². The van der Waals surface area contributed by atoms with Crippen molar-refractivity contribution in [2.24, 2.45) is 0 Å². The number of carbonyl (C=O) groups excluding carboxylic acids is 2. The zero-order valence-electron chi connectivity index (χ0n) is 21.1. The predicted octanol–water partition coefficient (Wildman–Crippen LogP) is 3.93. The molecule has 212 valence electrons. The lowest BCUT2D eigenvalue weighted by Crippen LogP contribution is -2.51. The van der Waals surface area contributed by atoms with Gasteiger partial charge in [0.1, 0.15) is 17.3 Å². The Labute approximate surface area is 234 Å². The number of amides is 2. The van der Waals surface area contributed by atoms with E-state index in [1.54, 1.807) is 12.1 Å². The maximum absolute atomic E-state index is 13.9. The monoisotopic (exact) mass is 595 g/mol. The van der Waals surface area contributed by atoms with Crippen molar-refractivity contribution in [2.75, 3.05) is 13.2 Å². The Kier molecular flexibility index (Phi) is 7.03. The summed E-state index contributed by atoms with van der Waals surface area (Å²) in [5.41, 5.74) is -1.10. The molecule has 3 aliphatic rings. The summed E-state index contributed by atoms with van der Waals surface area (Å²) in [6.45, 7) is -1.85. The van der Waals surface area contributed by atoms with Gasteiger partial charge in [-0.25, -0.2) is 8.42 Å². The van der Waals surface area contributed by atoms with E-state index in [-0.39, 0.29) is 34.5 Å². The van der Waals surface area contributed by atoms with Crippen LogP contribution in [0.3, 0.4) is 0 Å². The van der Waals surface area contributed by atoms with Crippen LogP contribution in [0.2, 0.25) is 5.02 Å². The minimum Gasteiger partial charge on any atom is -0.484 e. The quantitative estimate of drug-likeness (QED) is 0.494. The third-order valence-electron chi connectivity index (χ3n) is 7.69. The smallest absolute Gasteiger partial charge is 0.422 e. The van der Waals surface area contributed by atoms with Gasteiger partial charge in [0.05, 0.1) is 26.7 Å². The molecule has 0 aromatic heterocycles. The third-order valence-corrected chi connectivity index (χ3v) is 10.3. The van der Waals surface area contributed by atoms with Gasteiger partial charge >= 0.3 is 6.18 Å². The number of alkyl halides is 3. The number of halogens is 4. The molecule has 1 aliphatic heterocycles. The predicted molar refractivity (Wildman–Crippen MR) is 137 cm³/mol. The molecule has 3 fully saturated rings. The fraction of sp³-hybridized carbons (Fsp3) is 0.444. The number of rotatable bonds is 8. The summed E-state index contributed by atoms with van der Waals surface area (Å²) < 4.78 is 69.5. The molecule has 0 spiro atoms. The summed E-state index contributed by atoms with van der Waals surface area (Å²) in [5.74, 6) is -1.22. The third kappa shape index (κ3) is 5.37. The lowest BCUT2D eigenvalue weighted by Gasteiger charge is -2.29. The van der Waals surface area contributed by atoms with Crippen LogP contribution in [0.4, 0.5) is 13.2 Å². The first-order valence-electron chi connectivity index (χ1n) is 12.6. The molecule has 1 heterocycles. The van der Waals surface area contributed by atoms with Crippen molar-refractivity contribution in [3.05, 3.63) is 59.1 Å². The van der Waals surface area contributed by atoms with Crippen molar-refractivity contribution >= 4 is 33.3 Å². The summed E-state index contributed by atoms with van der Waals surface area (Å²) >= 11 is 6.18. The van der Waals surface area contributed by atoms with Crippen LogP contribution in [-0.4, -0.2) is 61.3 Å². The largest absolute Gasteiger partial charge is 0.484 e. The lowest BCUT2D eigenvalue weighted by atomic mass is 9.94.